The highest BCUT2D eigenvalue weighted by atomic mass is 32.2. The van der Waals surface area contributed by atoms with Crippen LogP contribution < -0.4 is 10.5 Å². The molecule has 1 fully saturated rings. The lowest BCUT2D eigenvalue weighted by Gasteiger charge is -2.34. The fourth-order valence-corrected chi connectivity index (χ4v) is 4.15. The molecule has 1 atom stereocenters. The molecule has 0 bridgehead atoms. The van der Waals surface area contributed by atoms with Gasteiger partial charge in [0.1, 0.15) is 0 Å². The Balaban J connectivity index is 2.47. The molecule has 0 spiro atoms. The maximum absolute atomic E-state index is 12.3. The third kappa shape index (κ3) is 5.29. The van der Waals surface area contributed by atoms with Crippen LogP contribution in [0.5, 0.6) is 0 Å². The minimum atomic E-state index is -3.39. The van der Waals surface area contributed by atoms with Gasteiger partial charge in [0.2, 0.25) is 0 Å². The van der Waals surface area contributed by atoms with E-state index in [4.69, 9.17) is 5.73 Å². The highest BCUT2D eigenvalue weighted by Crippen LogP contribution is 2.18. The first-order valence-electron chi connectivity index (χ1n) is 7.74. The van der Waals surface area contributed by atoms with Crippen LogP contribution in [0.2, 0.25) is 0 Å². The molecule has 3 N–H and O–H groups in total. The quantitative estimate of drug-likeness (QED) is 0.645. The van der Waals surface area contributed by atoms with Crippen molar-refractivity contribution in [1.82, 2.24) is 13.9 Å². The van der Waals surface area contributed by atoms with Crippen LogP contribution in [-0.4, -0.2) is 62.9 Å². The second-order valence-electron chi connectivity index (χ2n) is 5.33. The summed E-state index contributed by atoms with van der Waals surface area (Å²) in [6, 6.07) is -0.0424. The third-order valence-corrected chi connectivity index (χ3v) is 5.52. The minimum absolute atomic E-state index is 0.0424. The van der Waals surface area contributed by atoms with E-state index in [0.717, 1.165) is 45.3 Å². The molecule has 0 aromatic heterocycles. The molecular formula is C13H30N4O2S. The van der Waals surface area contributed by atoms with Crippen molar-refractivity contribution >= 4 is 10.2 Å². The highest BCUT2D eigenvalue weighted by Gasteiger charge is 2.30. The van der Waals surface area contributed by atoms with E-state index >= 15 is 0 Å². The predicted octanol–water partition coefficient (Wildman–Crippen LogP) is 0.366. The molecule has 1 aliphatic rings. The van der Waals surface area contributed by atoms with Gasteiger partial charge in [-0.15, -0.1) is 0 Å². The van der Waals surface area contributed by atoms with Gasteiger partial charge in [0.25, 0.3) is 10.2 Å². The SMILES string of the molecule is CCCN(CC)CCNS(=O)(=O)N1CCCCC1CN. The molecule has 20 heavy (non-hydrogen) atoms. The van der Waals surface area contributed by atoms with Gasteiger partial charge >= 0.3 is 0 Å². The number of hydrogen-bond donors (Lipinski definition) is 2. The Morgan fingerprint density at radius 3 is 2.65 bits per heavy atom. The van der Waals surface area contributed by atoms with Crippen LogP contribution in [0.15, 0.2) is 0 Å². The molecule has 0 amide bonds. The summed E-state index contributed by atoms with van der Waals surface area (Å²) in [7, 11) is -3.39. The summed E-state index contributed by atoms with van der Waals surface area (Å²) in [6.45, 7) is 8.39. The van der Waals surface area contributed by atoms with Gasteiger partial charge in [0.15, 0.2) is 0 Å². The smallest absolute Gasteiger partial charge is 0.279 e. The van der Waals surface area contributed by atoms with Gasteiger partial charge in [-0.2, -0.15) is 12.7 Å². The summed E-state index contributed by atoms with van der Waals surface area (Å²) in [5, 5.41) is 0. The van der Waals surface area contributed by atoms with Gasteiger partial charge < -0.3 is 10.6 Å². The maximum atomic E-state index is 12.3. The van der Waals surface area contributed by atoms with Gasteiger partial charge in [-0.25, -0.2) is 4.72 Å². The molecule has 1 aliphatic heterocycles. The molecule has 1 saturated heterocycles. The third-order valence-electron chi connectivity index (χ3n) is 3.85. The second-order valence-corrected chi connectivity index (χ2v) is 7.04. The van der Waals surface area contributed by atoms with Crippen molar-refractivity contribution in [3.63, 3.8) is 0 Å². The average Bonchev–Trinajstić information content (AvgIpc) is 2.46. The number of nitrogens with one attached hydrogen (secondary N) is 1. The van der Waals surface area contributed by atoms with Crippen molar-refractivity contribution < 1.29 is 8.42 Å². The van der Waals surface area contributed by atoms with Gasteiger partial charge in [0, 0.05) is 32.2 Å². The zero-order valence-electron chi connectivity index (χ0n) is 12.8. The highest BCUT2D eigenvalue weighted by molar-refractivity contribution is 7.87. The number of likely N-dealkylation sites (N-methyl/N-ethyl adjacent to an activating group) is 1. The first-order chi connectivity index (χ1) is 9.55. The summed E-state index contributed by atoms with van der Waals surface area (Å²) in [5.41, 5.74) is 5.69. The lowest BCUT2D eigenvalue weighted by atomic mass is 10.1. The van der Waals surface area contributed by atoms with Crippen molar-refractivity contribution in [2.24, 2.45) is 5.73 Å². The zero-order chi connectivity index (χ0) is 15.0. The molecule has 1 unspecified atom stereocenters. The summed E-state index contributed by atoms with van der Waals surface area (Å²) < 4.78 is 28.9. The van der Waals surface area contributed by atoms with Gasteiger partial charge in [-0.3, -0.25) is 0 Å². The topological polar surface area (TPSA) is 78.7 Å². The Hall–Kier alpha value is -0.210. The van der Waals surface area contributed by atoms with Gasteiger partial charge in [-0.05, 0) is 32.4 Å². The Morgan fingerprint density at radius 1 is 1.30 bits per heavy atom. The number of piperidine rings is 1. The van der Waals surface area contributed by atoms with Crippen molar-refractivity contribution in [3.05, 3.63) is 0 Å². The Bertz CT molecular complexity index is 361. The van der Waals surface area contributed by atoms with Crippen molar-refractivity contribution in [2.45, 2.75) is 45.6 Å². The molecule has 120 valence electrons. The Labute approximate surface area is 123 Å². The molecule has 0 radical (unpaired) electrons. The average molecular weight is 306 g/mol. The van der Waals surface area contributed by atoms with Gasteiger partial charge in [-0.1, -0.05) is 20.3 Å². The first kappa shape index (κ1) is 17.8. The van der Waals surface area contributed by atoms with E-state index in [9.17, 15) is 8.42 Å². The van der Waals surface area contributed by atoms with Crippen LogP contribution in [0.1, 0.15) is 39.5 Å². The van der Waals surface area contributed by atoms with Crippen LogP contribution in [0.25, 0.3) is 0 Å². The van der Waals surface area contributed by atoms with E-state index in [1.54, 1.807) is 4.31 Å². The number of rotatable bonds is 9. The van der Waals surface area contributed by atoms with Crippen LogP contribution >= 0.6 is 0 Å². The van der Waals surface area contributed by atoms with E-state index in [-0.39, 0.29) is 6.04 Å². The Kier molecular flexibility index (Phi) is 7.98. The molecule has 6 nitrogen and oxygen atoms in total. The largest absolute Gasteiger partial charge is 0.329 e. The number of nitrogens with two attached hydrogens (primary N) is 1. The van der Waals surface area contributed by atoms with Crippen LogP contribution in [0.3, 0.4) is 0 Å². The minimum Gasteiger partial charge on any atom is -0.329 e. The van der Waals surface area contributed by atoms with Crippen molar-refractivity contribution in [3.8, 4) is 0 Å². The van der Waals surface area contributed by atoms with Gasteiger partial charge in [0.05, 0.1) is 0 Å². The lowest BCUT2D eigenvalue weighted by Crippen LogP contribution is -2.52. The van der Waals surface area contributed by atoms with Crippen molar-refractivity contribution in [2.75, 3.05) is 39.3 Å². The number of hydrogen-bond acceptors (Lipinski definition) is 4. The molecule has 0 aromatic rings. The summed E-state index contributed by atoms with van der Waals surface area (Å²) in [4.78, 5) is 2.25. The summed E-state index contributed by atoms with van der Waals surface area (Å²) in [6.07, 6.45) is 3.94. The van der Waals surface area contributed by atoms with Crippen LogP contribution in [0, 0.1) is 0 Å². The molecule has 1 rings (SSSR count). The van der Waals surface area contributed by atoms with E-state index in [1.165, 1.54) is 0 Å². The normalized spacial score (nSPS) is 21.5. The van der Waals surface area contributed by atoms with E-state index in [1.807, 2.05) is 0 Å². The van der Waals surface area contributed by atoms with Crippen molar-refractivity contribution in [1.29, 1.82) is 0 Å². The standard InChI is InChI=1S/C13H30N4O2S/c1-3-9-16(4-2)11-8-15-20(18,19)17-10-6-5-7-13(17)12-14/h13,15H,3-12,14H2,1-2H3. The summed E-state index contributed by atoms with van der Waals surface area (Å²) in [5.74, 6) is 0. The van der Waals surface area contributed by atoms with E-state index < -0.39 is 10.2 Å². The zero-order valence-corrected chi connectivity index (χ0v) is 13.7. The van der Waals surface area contributed by atoms with Crippen LogP contribution in [0.4, 0.5) is 0 Å². The molecule has 0 aliphatic carbocycles. The first-order valence-corrected chi connectivity index (χ1v) is 9.18. The van der Waals surface area contributed by atoms with E-state index in [0.29, 0.717) is 19.6 Å². The maximum Gasteiger partial charge on any atom is 0.279 e. The summed E-state index contributed by atoms with van der Waals surface area (Å²) >= 11 is 0. The fourth-order valence-electron chi connectivity index (χ4n) is 2.69. The molecule has 0 aromatic carbocycles. The molecule has 1 heterocycles. The molecule has 7 heteroatoms. The van der Waals surface area contributed by atoms with E-state index in [2.05, 4.69) is 23.5 Å². The fraction of sp³-hybridized carbons (Fsp3) is 1.00. The predicted molar refractivity (Wildman–Crippen MR) is 82.7 cm³/mol. The number of nitrogens with zero attached hydrogens (tertiary/aromatic N) is 2. The lowest BCUT2D eigenvalue weighted by molar-refractivity contribution is 0.251. The van der Waals surface area contributed by atoms with Crippen LogP contribution in [-0.2, 0) is 10.2 Å². The molecule has 0 saturated carbocycles. The second kappa shape index (κ2) is 8.94. The Morgan fingerprint density at radius 2 is 2.05 bits per heavy atom. The monoisotopic (exact) mass is 306 g/mol. The molecular weight excluding hydrogens is 276 g/mol.